The van der Waals surface area contributed by atoms with Gasteiger partial charge in [-0.1, -0.05) is 11.6 Å². The van der Waals surface area contributed by atoms with E-state index >= 15 is 0 Å². The molecular weight excluding hydrogens is 564 g/mol. The lowest BCUT2D eigenvalue weighted by Crippen LogP contribution is -2.48. The first-order valence-electron chi connectivity index (χ1n) is 14.4. The van der Waals surface area contributed by atoms with Gasteiger partial charge in [0.05, 0.1) is 0 Å². The Balaban J connectivity index is 1.45. The predicted octanol–water partition coefficient (Wildman–Crippen LogP) is 4.97. The molecule has 4 rings (SSSR count). The molecule has 2 N–H and O–H groups in total. The van der Waals surface area contributed by atoms with Gasteiger partial charge in [-0.3, -0.25) is 14.4 Å². The molecule has 1 aliphatic heterocycles. The molecule has 226 valence electrons. The Morgan fingerprint density at radius 1 is 0.837 bits per heavy atom. The Labute approximate surface area is 258 Å². The first-order chi connectivity index (χ1) is 20.5. The summed E-state index contributed by atoms with van der Waals surface area (Å²) in [6, 6.07) is 9.20. The van der Waals surface area contributed by atoms with Crippen molar-refractivity contribution >= 4 is 40.8 Å². The molecular formula is C33H39ClN6O3. The van der Waals surface area contributed by atoms with Crippen LogP contribution >= 0.6 is 11.6 Å². The number of piperazine rings is 1. The van der Waals surface area contributed by atoms with Crippen molar-refractivity contribution in [3.8, 4) is 11.4 Å². The molecule has 0 unspecified atom stereocenters. The summed E-state index contributed by atoms with van der Waals surface area (Å²) in [6.07, 6.45) is 2.79. The number of aromatic nitrogens is 2. The van der Waals surface area contributed by atoms with Crippen LogP contribution in [0.2, 0.25) is 5.02 Å². The molecule has 0 radical (unpaired) electrons. The Kier molecular flexibility index (Phi) is 10.2. The summed E-state index contributed by atoms with van der Waals surface area (Å²) in [7, 11) is 0. The molecule has 43 heavy (non-hydrogen) atoms. The van der Waals surface area contributed by atoms with Crippen molar-refractivity contribution in [1.82, 2.24) is 20.2 Å². The molecule has 1 aliphatic rings. The molecule has 0 bridgehead atoms. The molecule has 2 heterocycles. The molecule has 2 aromatic carbocycles. The molecule has 2 amide bonds. The van der Waals surface area contributed by atoms with E-state index in [-0.39, 0.29) is 17.6 Å². The Morgan fingerprint density at radius 3 is 2.05 bits per heavy atom. The van der Waals surface area contributed by atoms with Gasteiger partial charge in [-0.15, -0.1) is 0 Å². The maximum Gasteiger partial charge on any atom is 0.246 e. The van der Waals surface area contributed by atoms with Crippen molar-refractivity contribution < 1.29 is 14.4 Å². The molecule has 1 aromatic heterocycles. The van der Waals surface area contributed by atoms with Gasteiger partial charge in [-0.2, -0.15) is 0 Å². The summed E-state index contributed by atoms with van der Waals surface area (Å²) >= 11 is 6.08. The van der Waals surface area contributed by atoms with E-state index in [9.17, 15) is 14.4 Å². The summed E-state index contributed by atoms with van der Waals surface area (Å²) in [4.78, 5) is 50.8. The maximum absolute atomic E-state index is 13.1. The summed E-state index contributed by atoms with van der Waals surface area (Å²) in [5, 5.41) is 6.65. The second-order valence-electron chi connectivity index (χ2n) is 10.9. The number of hydrogen-bond acceptors (Lipinski definition) is 7. The van der Waals surface area contributed by atoms with Crippen LogP contribution in [-0.4, -0.2) is 71.7 Å². The van der Waals surface area contributed by atoms with Crippen LogP contribution < -0.4 is 15.5 Å². The Morgan fingerprint density at radius 2 is 1.44 bits per heavy atom. The number of halogens is 1. The number of amides is 2. The van der Waals surface area contributed by atoms with Crippen LogP contribution in [0.25, 0.3) is 11.4 Å². The number of carbonyl (C=O) groups is 3. The third-order valence-corrected chi connectivity index (χ3v) is 8.41. The monoisotopic (exact) mass is 602 g/mol. The maximum atomic E-state index is 13.1. The molecule has 3 aromatic rings. The van der Waals surface area contributed by atoms with Crippen molar-refractivity contribution in [2.24, 2.45) is 0 Å². The number of nitrogens with one attached hydrogen (secondary N) is 2. The van der Waals surface area contributed by atoms with E-state index in [1.54, 1.807) is 17.0 Å². The van der Waals surface area contributed by atoms with Crippen molar-refractivity contribution in [3.63, 3.8) is 0 Å². The highest BCUT2D eigenvalue weighted by atomic mass is 35.5. The Hall–Kier alpha value is -4.24. The smallest absolute Gasteiger partial charge is 0.246 e. The molecule has 0 spiro atoms. The third kappa shape index (κ3) is 7.59. The van der Waals surface area contributed by atoms with E-state index in [1.807, 2.05) is 45.9 Å². The summed E-state index contributed by atoms with van der Waals surface area (Å²) in [6.45, 7) is 14.6. The fraction of sp³-hybridized carbons (Fsp3) is 0.364. The first kappa shape index (κ1) is 31.7. The van der Waals surface area contributed by atoms with Crippen LogP contribution in [0.1, 0.15) is 45.1 Å². The van der Waals surface area contributed by atoms with E-state index < -0.39 is 0 Å². The predicted molar refractivity (Wildman–Crippen MR) is 172 cm³/mol. The fourth-order valence-electron chi connectivity index (χ4n) is 5.21. The van der Waals surface area contributed by atoms with Gasteiger partial charge in [0.1, 0.15) is 11.6 Å². The quantitative estimate of drug-likeness (QED) is 0.202. The van der Waals surface area contributed by atoms with Crippen LogP contribution in [0.5, 0.6) is 0 Å². The van der Waals surface area contributed by atoms with Crippen molar-refractivity contribution in [2.45, 2.75) is 41.5 Å². The average molecular weight is 603 g/mol. The average Bonchev–Trinajstić information content (AvgIpc) is 3.00. The van der Waals surface area contributed by atoms with Gasteiger partial charge >= 0.3 is 0 Å². The Bertz CT molecular complexity index is 1530. The zero-order valence-electron chi connectivity index (χ0n) is 25.7. The number of anilines is 2. The van der Waals surface area contributed by atoms with Crippen LogP contribution in [0.15, 0.2) is 42.5 Å². The number of benzene rings is 2. The zero-order chi connectivity index (χ0) is 31.3. The van der Waals surface area contributed by atoms with E-state index in [1.165, 1.54) is 24.6 Å². The van der Waals surface area contributed by atoms with Crippen LogP contribution in [-0.2, 0) is 9.59 Å². The van der Waals surface area contributed by atoms with Gasteiger partial charge < -0.3 is 20.4 Å². The van der Waals surface area contributed by atoms with Crippen LogP contribution in [0, 0.1) is 34.6 Å². The van der Waals surface area contributed by atoms with Gasteiger partial charge in [0.15, 0.2) is 11.6 Å². The second-order valence-corrected chi connectivity index (χ2v) is 11.3. The van der Waals surface area contributed by atoms with Gasteiger partial charge in [-0.25, -0.2) is 9.97 Å². The van der Waals surface area contributed by atoms with Gasteiger partial charge in [0.25, 0.3) is 0 Å². The largest absolute Gasteiger partial charge is 0.368 e. The molecule has 1 saturated heterocycles. The van der Waals surface area contributed by atoms with Crippen molar-refractivity contribution in [1.29, 1.82) is 0 Å². The summed E-state index contributed by atoms with van der Waals surface area (Å²) in [5.74, 6) is 1.48. The molecule has 10 heteroatoms. The lowest BCUT2D eigenvalue weighted by atomic mass is 9.87. The fourth-order valence-corrected chi connectivity index (χ4v) is 5.33. The lowest BCUT2D eigenvalue weighted by molar-refractivity contribution is -0.126. The highest BCUT2D eigenvalue weighted by Gasteiger charge is 2.23. The molecule has 0 aliphatic carbocycles. The highest BCUT2D eigenvalue weighted by molar-refractivity contribution is 6.30. The molecule has 0 saturated carbocycles. The topological polar surface area (TPSA) is 108 Å². The summed E-state index contributed by atoms with van der Waals surface area (Å²) in [5.41, 5.74) is 6.84. The first-order valence-corrected chi connectivity index (χ1v) is 14.8. The summed E-state index contributed by atoms with van der Waals surface area (Å²) < 4.78 is 0. The van der Waals surface area contributed by atoms with Crippen LogP contribution in [0.3, 0.4) is 0 Å². The standard InChI is InChI=1S/C33H39ClN6O3/c1-20-21(2)23(4)32(24(5)22(20)3)28(42)11-12-31(43)40-17-15-39(16-18-40)30-19-29(36-14-13-35-25(6)41)37-33(38-30)26-7-9-27(34)10-8-26/h7-12,19H,13-18H2,1-6H3,(H,35,41)(H,36,37,38). The van der Waals surface area contributed by atoms with Gasteiger partial charge in [-0.05, 0) is 92.8 Å². The minimum atomic E-state index is -0.186. The van der Waals surface area contributed by atoms with Crippen molar-refractivity contribution in [2.75, 3.05) is 49.5 Å². The van der Waals surface area contributed by atoms with E-state index in [4.69, 9.17) is 16.6 Å². The number of hydrogen-bond donors (Lipinski definition) is 2. The van der Waals surface area contributed by atoms with E-state index in [0.717, 1.165) is 33.6 Å². The number of rotatable bonds is 9. The number of carbonyl (C=O) groups excluding carboxylic acids is 3. The second kappa shape index (κ2) is 13.8. The highest BCUT2D eigenvalue weighted by Crippen LogP contribution is 2.27. The number of ketones is 1. The van der Waals surface area contributed by atoms with Crippen molar-refractivity contribution in [3.05, 3.63) is 80.9 Å². The van der Waals surface area contributed by atoms with Crippen LogP contribution in [0.4, 0.5) is 11.6 Å². The third-order valence-electron chi connectivity index (χ3n) is 8.16. The van der Waals surface area contributed by atoms with E-state index in [0.29, 0.717) is 61.5 Å². The number of allylic oxidation sites excluding steroid dienone is 1. The van der Waals surface area contributed by atoms with Gasteiger partial charge in [0, 0.05) is 74.5 Å². The molecule has 0 atom stereocenters. The molecule has 1 fully saturated rings. The minimum absolute atomic E-state index is 0.0933. The zero-order valence-corrected chi connectivity index (χ0v) is 26.4. The lowest BCUT2D eigenvalue weighted by Gasteiger charge is -2.35. The molecule has 9 nitrogen and oxygen atoms in total. The normalized spacial score (nSPS) is 13.4. The SMILES string of the molecule is CC(=O)NCCNc1cc(N2CCN(C(=O)C=CC(=O)c3c(C)c(C)c(C)c(C)c3C)CC2)nc(-c2ccc(Cl)cc2)n1. The van der Waals surface area contributed by atoms with Gasteiger partial charge in [0.2, 0.25) is 11.8 Å². The number of nitrogens with zero attached hydrogens (tertiary/aromatic N) is 4. The van der Waals surface area contributed by atoms with E-state index in [2.05, 4.69) is 27.4 Å². The minimum Gasteiger partial charge on any atom is -0.368 e.